The Balaban J connectivity index is 2.43. The van der Waals surface area contributed by atoms with Crippen molar-refractivity contribution >= 4 is 37.6 Å². The second kappa shape index (κ2) is 5.73. The smallest absolute Gasteiger partial charge is 0.266 e. The van der Waals surface area contributed by atoms with Crippen molar-refractivity contribution in [1.29, 1.82) is 0 Å². The molecule has 0 aliphatic carbocycles. The minimum atomic E-state index is -3.84. The van der Waals surface area contributed by atoms with Crippen molar-refractivity contribution in [3.8, 4) is 0 Å². The molecule has 106 valence electrons. The number of aromatic nitrogens is 2. The fourth-order valence-corrected chi connectivity index (χ4v) is 3.16. The molecule has 0 spiro atoms. The Morgan fingerprint density at radius 3 is 2.75 bits per heavy atom. The zero-order valence-electron chi connectivity index (χ0n) is 10.5. The molecule has 9 heteroatoms. The molecule has 0 atom stereocenters. The third-order valence-electron chi connectivity index (χ3n) is 2.37. The highest BCUT2D eigenvalue weighted by Gasteiger charge is 2.20. The highest BCUT2D eigenvalue weighted by atomic mass is 79.9. The summed E-state index contributed by atoms with van der Waals surface area (Å²) >= 11 is 3.18. The van der Waals surface area contributed by atoms with E-state index in [9.17, 15) is 8.42 Å². The Morgan fingerprint density at radius 1 is 1.35 bits per heavy atom. The average Bonchev–Trinajstić information content (AvgIpc) is 2.38. The van der Waals surface area contributed by atoms with Crippen LogP contribution in [0.2, 0.25) is 0 Å². The van der Waals surface area contributed by atoms with Gasteiger partial charge in [-0.25, -0.2) is 24.2 Å². The number of hydrogen-bond donors (Lipinski definition) is 3. The van der Waals surface area contributed by atoms with Crippen LogP contribution in [0.1, 0.15) is 5.69 Å². The molecule has 0 fully saturated rings. The van der Waals surface area contributed by atoms with Crippen LogP contribution in [0, 0.1) is 6.92 Å². The van der Waals surface area contributed by atoms with Crippen molar-refractivity contribution in [3.63, 3.8) is 0 Å². The van der Waals surface area contributed by atoms with Crippen molar-refractivity contribution in [2.24, 2.45) is 5.84 Å². The van der Waals surface area contributed by atoms with Gasteiger partial charge in [0.15, 0.2) is 5.82 Å². The number of nitrogens with zero attached hydrogens (tertiary/aromatic N) is 2. The maximum atomic E-state index is 12.3. The van der Waals surface area contributed by atoms with Crippen LogP contribution in [-0.4, -0.2) is 18.4 Å². The van der Waals surface area contributed by atoms with Gasteiger partial charge in [-0.2, -0.15) is 0 Å². The quantitative estimate of drug-likeness (QED) is 0.566. The molecule has 0 bridgehead atoms. The fraction of sp³-hybridized carbons (Fsp3) is 0.0909. The second-order valence-electron chi connectivity index (χ2n) is 3.91. The lowest BCUT2D eigenvalue weighted by molar-refractivity contribution is 0.601. The monoisotopic (exact) mass is 357 g/mol. The molecule has 0 aliphatic heterocycles. The summed E-state index contributed by atoms with van der Waals surface area (Å²) in [7, 11) is -3.84. The lowest BCUT2D eigenvalue weighted by Crippen LogP contribution is -2.19. The number of hydrazine groups is 1. The maximum absolute atomic E-state index is 12.3. The van der Waals surface area contributed by atoms with Crippen LogP contribution in [-0.2, 0) is 10.0 Å². The summed E-state index contributed by atoms with van der Waals surface area (Å²) < 4.78 is 27.6. The summed E-state index contributed by atoms with van der Waals surface area (Å²) in [5.41, 5.74) is 2.96. The number of sulfonamides is 1. The third-order valence-corrected chi connectivity index (χ3v) is 4.17. The van der Waals surface area contributed by atoms with E-state index in [1.807, 2.05) is 0 Å². The summed E-state index contributed by atoms with van der Waals surface area (Å²) in [4.78, 5) is 7.92. The van der Waals surface area contributed by atoms with Crippen LogP contribution in [0.3, 0.4) is 0 Å². The average molecular weight is 358 g/mol. The van der Waals surface area contributed by atoms with E-state index >= 15 is 0 Å². The van der Waals surface area contributed by atoms with E-state index in [2.05, 4.69) is 36.0 Å². The predicted octanol–water partition coefficient (Wildman–Crippen LogP) is 1.63. The highest BCUT2D eigenvalue weighted by molar-refractivity contribution is 9.10. The first kappa shape index (κ1) is 14.7. The van der Waals surface area contributed by atoms with E-state index in [4.69, 9.17) is 5.84 Å². The molecule has 2 aromatic rings. The van der Waals surface area contributed by atoms with Gasteiger partial charge in [0, 0.05) is 16.4 Å². The number of nitrogen functional groups attached to an aromatic ring is 1. The number of nitrogens with one attached hydrogen (secondary N) is 2. The van der Waals surface area contributed by atoms with Gasteiger partial charge in [-0.1, -0.05) is 6.07 Å². The van der Waals surface area contributed by atoms with E-state index in [0.29, 0.717) is 10.2 Å². The van der Waals surface area contributed by atoms with Crippen LogP contribution >= 0.6 is 15.9 Å². The second-order valence-corrected chi connectivity index (χ2v) is 6.48. The zero-order chi connectivity index (χ0) is 14.8. The highest BCUT2D eigenvalue weighted by Crippen LogP contribution is 2.24. The van der Waals surface area contributed by atoms with Gasteiger partial charge in [-0.3, -0.25) is 4.72 Å². The van der Waals surface area contributed by atoms with Crippen LogP contribution in [0.15, 0.2) is 39.8 Å². The lowest BCUT2D eigenvalue weighted by Gasteiger charge is -2.11. The Hall–Kier alpha value is -1.71. The van der Waals surface area contributed by atoms with E-state index in [-0.39, 0.29) is 16.5 Å². The molecule has 0 saturated heterocycles. The number of aryl methyl sites for hydroxylation is 1. The number of hydrogen-bond acceptors (Lipinski definition) is 6. The molecule has 0 aromatic carbocycles. The normalized spacial score (nSPS) is 11.2. The Morgan fingerprint density at radius 2 is 2.10 bits per heavy atom. The minimum absolute atomic E-state index is 0.0494. The third kappa shape index (κ3) is 3.24. The molecular weight excluding hydrogens is 346 g/mol. The van der Waals surface area contributed by atoms with E-state index in [0.717, 1.165) is 0 Å². The summed E-state index contributed by atoms with van der Waals surface area (Å²) in [6.07, 6.45) is 1.44. The molecule has 20 heavy (non-hydrogen) atoms. The Bertz CT molecular complexity index is 735. The van der Waals surface area contributed by atoms with Crippen molar-refractivity contribution in [1.82, 2.24) is 9.97 Å². The minimum Gasteiger partial charge on any atom is -0.307 e. The van der Waals surface area contributed by atoms with E-state index in [1.54, 1.807) is 25.1 Å². The standard InChI is InChI=1S/C11H12BrN5O2S/c1-7-3-2-4-10(15-7)17-20(18,19)9-5-8(12)6-14-11(9)16-13/h2-6H,13H2,1H3,(H,14,16)(H,15,17). The number of rotatable bonds is 4. The van der Waals surface area contributed by atoms with Crippen LogP contribution in [0.25, 0.3) is 0 Å². The van der Waals surface area contributed by atoms with Gasteiger partial charge in [-0.15, -0.1) is 0 Å². The first-order valence-corrected chi connectivity index (χ1v) is 7.78. The molecule has 2 rings (SSSR count). The van der Waals surface area contributed by atoms with Gasteiger partial charge >= 0.3 is 0 Å². The summed E-state index contributed by atoms with van der Waals surface area (Å²) in [6.45, 7) is 1.77. The molecule has 0 unspecified atom stereocenters. The fourth-order valence-electron chi connectivity index (χ4n) is 1.53. The summed E-state index contributed by atoms with van der Waals surface area (Å²) in [5, 5.41) is 0. The molecule has 2 heterocycles. The largest absolute Gasteiger partial charge is 0.307 e. The molecular formula is C11H12BrN5O2S. The van der Waals surface area contributed by atoms with Crippen LogP contribution in [0.5, 0.6) is 0 Å². The van der Waals surface area contributed by atoms with Gasteiger partial charge in [0.1, 0.15) is 10.7 Å². The molecule has 0 amide bonds. The maximum Gasteiger partial charge on any atom is 0.266 e. The predicted molar refractivity (Wildman–Crippen MR) is 79.5 cm³/mol. The van der Waals surface area contributed by atoms with Crippen molar-refractivity contribution < 1.29 is 8.42 Å². The number of anilines is 2. The van der Waals surface area contributed by atoms with Gasteiger partial charge in [0.25, 0.3) is 10.0 Å². The van der Waals surface area contributed by atoms with Gasteiger partial charge in [-0.05, 0) is 41.1 Å². The van der Waals surface area contributed by atoms with Crippen molar-refractivity contribution in [3.05, 3.63) is 40.6 Å². The van der Waals surface area contributed by atoms with E-state index in [1.165, 1.54) is 12.3 Å². The first-order valence-electron chi connectivity index (χ1n) is 5.51. The summed E-state index contributed by atoms with van der Waals surface area (Å²) in [6, 6.07) is 6.44. The van der Waals surface area contributed by atoms with Gasteiger partial charge < -0.3 is 5.43 Å². The SMILES string of the molecule is Cc1cccc(NS(=O)(=O)c2cc(Br)cnc2NN)n1. The topological polar surface area (TPSA) is 110 Å². The Labute approximate surface area is 124 Å². The molecule has 0 saturated carbocycles. The molecule has 4 N–H and O–H groups in total. The Kier molecular flexibility index (Phi) is 4.21. The van der Waals surface area contributed by atoms with Crippen LogP contribution in [0.4, 0.5) is 11.6 Å². The first-order chi connectivity index (χ1) is 9.42. The number of pyridine rings is 2. The van der Waals surface area contributed by atoms with Crippen molar-refractivity contribution in [2.75, 3.05) is 10.1 Å². The zero-order valence-corrected chi connectivity index (χ0v) is 12.9. The van der Waals surface area contributed by atoms with Gasteiger partial charge in [0.05, 0.1) is 0 Å². The molecule has 2 aromatic heterocycles. The molecule has 7 nitrogen and oxygen atoms in total. The number of nitrogens with two attached hydrogens (primary N) is 1. The molecule has 0 aliphatic rings. The van der Waals surface area contributed by atoms with Crippen LogP contribution < -0.4 is 16.0 Å². The summed E-state index contributed by atoms with van der Waals surface area (Å²) in [5.74, 6) is 5.56. The molecule has 0 radical (unpaired) electrons. The van der Waals surface area contributed by atoms with Crippen molar-refractivity contribution in [2.45, 2.75) is 11.8 Å². The van der Waals surface area contributed by atoms with E-state index < -0.39 is 10.0 Å². The van der Waals surface area contributed by atoms with Gasteiger partial charge in [0.2, 0.25) is 0 Å². The number of halogens is 1. The lowest BCUT2D eigenvalue weighted by atomic mass is 10.4.